The van der Waals surface area contributed by atoms with Crippen molar-refractivity contribution in [1.29, 1.82) is 0 Å². The molecular weight excluding hydrogens is 270 g/mol. The molecule has 3 N–H and O–H groups in total. The maximum absolute atomic E-state index is 9.77. The Hall–Kier alpha value is -1.31. The number of nitrogens with two attached hydrogens (primary N) is 1. The zero-order valence-corrected chi connectivity index (χ0v) is 11.2. The summed E-state index contributed by atoms with van der Waals surface area (Å²) in [5, 5.41) is 17.4. The van der Waals surface area contributed by atoms with Gasteiger partial charge in [-0.05, 0) is 12.1 Å². The lowest BCUT2D eigenvalue weighted by molar-refractivity contribution is 0.127. The van der Waals surface area contributed by atoms with Crippen molar-refractivity contribution in [1.82, 2.24) is 10.2 Å². The maximum Gasteiger partial charge on any atom is 0.174 e. The Kier molecular flexibility index (Phi) is 4.80. The molecule has 1 aromatic carbocycles. The predicted octanol–water partition coefficient (Wildman–Crippen LogP) is 1.65. The molecular formula is C11H13N3O2S2. The van der Waals surface area contributed by atoms with Crippen LogP contribution in [0.4, 0.5) is 5.69 Å². The van der Waals surface area contributed by atoms with E-state index in [4.69, 9.17) is 10.5 Å². The summed E-state index contributed by atoms with van der Waals surface area (Å²) in [6, 6.07) is 7.22. The normalized spacial score (nSPS) is 12.3. The molecule has 0 spiro atoms. The quantitative estimate of drug-likeness (QED) is 0.620. The molecule has 0 saturated carbocycles. The van der Waals surface area contributed by atoms with Crippen molar-refractivity contribution in [3.8, 4) is 5.75 Å². The van der Waals surface area contributed by atoms with Crippen LogP contribution in [0.25, 0.3) is 0 Å². The van der Waals surface area contributed by atoms with Gasteiger partial charge in [0.1, 0.15) is 17.9 Å². The highest BCUT2D eigenvalue weighted by Gasteiger charge is 2.08. The van der Waals surface area contributed by atoms with Crippen molar-refractivity contribution in [2.75, 3.05) is 18.1 Å². The molecule has 0 fully saturated rings. The summed E-state index contributed by atoms with van der Waals surface area (Å²) in [4.78, 5) is 0. The number of hydrogen-bond acceptors (Lipinski definition) is 7. The third-order valence-corrected chi connectivity index (χ3v) is 4.09. The first kappa shape index (κ1) is 13.1. The molecule has 18 heavy (non-hydrogen) atoms. The van der Waals surface area contributed by atoms with Crippen LogP contribution < -0.4 is 10.5 Å². The molecule has 7 heteroatoms. The second kappa shape index (κ2) is 6.58. The summed E-state index contributed by atoms with van der Waals surface area (Å²) in [6.45, 7) is 0.208. The SMILES string of the molecule is Nc1ccccc1OCC(O)CSc1nncs1. The molecule has 0 aliphatic carbocycles. The number of nitrogen functional groups attached to an aromatic ring is 1. The Balaban J connectivity index is 1.75. The number of hydrogen-bond donors (Lipinski definition) is 2. The first-order valence-electron chi connectivity index (χ1n) is 5.30. The third-order valence-electron chi connectivity index (χ3n) is 2.09. The van der Waals surface area contributed by atoms with Crippen LogP contribution in [-0.4, -0.2) is 33.8 Å². The molecule has 1 atom stereocenters. The monoisotopic (exact) mass is 283 g/mol. The van der Waals surface area contributed by atoms with Crippen LogP contribution in [0.3, 0.4) is 0 Å². The molecule has 5 nitrogen and oxygen atoms in total. The van der Waals surface area contributed by atoms with E-state index in [0.717, 1.165) is 4.34 Å². The number of nitrogens with zero attached hydrogens (tertiary/aromatic N) is 2. The lowest BCUT2D eigenvalue weighted by atomic mass is 10.3. The number of benzene rings is 1. The average Bonchev–Trinajstić information content (AvgIpc) is 2.88. The minimum atomic E-state index is -0.571. The summed E-state index contributed by atoms with van der Waals surface area (Å²) >= 11 is 2.91. The zero-order valence-electron chi connectivity index (χ0n) is 9.52. The summed E-state index contributed by atoms with van der Waals surface area (Å²) in [5.74, 6) is 1.11. The molecule has 0 aliphatic heterocycles. The molecule has 0 radical (unpaired) electrons. The van der Waals surface area contributed by atoms with Gasteiger partial charge in [-0.3, -0.25) is 0 Å². The highest BCUT2D eigenvalue weighted by molar-refractivity contribution is 8.01. The fraction of sp³-hybridized carbons (Fsp3) is 0.273. The Bertz CT molecular complexity index is 479. The van der Waals surface area contributed by atoms with Gasteiger partial charge < -0.3 is 15.6 Å². The van der Waals surface area contributed by atoms with Gasteiger partial charge in [0.2, 0.25) is 0 Å². The smallest absolute Gasteiger partial charge is 0.174 e. The van der Waals surface area contributed by atoms with Crippen molar-refractivity contribution in [3.05, 3.63) is 29.8 Å². The van der Waals surface area contributed by atoms with Crippen LogP contribution in [-0.2, 0) is 0 Å². The van der Waals surface area contributed by atoms with Crippen LogP contribution in [0.1, 0.15) is 0 Å². The Morgan fingerprint density at radius 2 is 2.28 bits per heavy atom. The number of rotatable bonds is 6. The van der Waals surface area contributed by atoms with Crippen molar-refractivity contribution in [3.63, 3.8) is 0 Å². The average molecular weight is 283 g/mol. The van der Waals surface area contributed by atoms with Gasteiger partial charge in [-0.25, -0.2) is 0 Å². The number of aliphatic hydroxyl groups is 1. The van der Waals surface area contributed by atoms with Crippen molar-refractivity contribution < 1.29 is 9.84 Å². The Labute approximate surface area is 113 Å². The van der Waals surface area contributed by atoms with E-state index >= 15 is 0 Å². The largest absolute Gasteiger partial charge is 0.489 e. The van der Waals surface area contributed by atoms with E-state index in [9.17, 15) is 5.11 Å². The fourth-order valence-corrected chi connectivity index (χ4v) is 2.66. The van der Waals surface area contributed by atoms with Gasteiger partial charge >= 0.3 is 0 Å². The number of thioether (sulfide) groups is 1. The van der Waals surface area contributed by atoms with E-state index in [1.54, 1.807) is 17.6 Å². The van der Waals surface area contributed by atoms with E-state index in [0.29, 0.717) is 17.2 Å². The van der Waals surface area contributed by atoms with E-state index in [1.165, 1.54) is 23.1 Å². The lowest BCUT2D eigenvalue weighted by Gasteiger charge is -2.12. The van der Waals surface area contributed by atoms with E-state index < -0.39 is 6.10 Å². The van der Waals surface area contributed by atoms with Gasteiger partial charge in [0.15, 0.2) is 4.34 Å². The maximum atomic E-state index is 9.77. The first-order valence-corrected chi connectivity index (χ1v) is 7.16. The van der Waals surface area contributed by atoms with Crippen LogP contribution in [0.5, 0.6) is 5.75 Å². The second-order valence-corrected chi connectivity index (χ2v) is 5.62. The molecule has 2 aromatic rings. The number of ether oxygens (including phenoxy) is 1. The molecule has 1 unspecified atom stereocenters. The number of aromatic nitrogens is 2. The summed E-state index contributed by atoms with van der Waals surface area (Å²) in [5.41, 5.74) is 7.96. The minimum Gasteiger partial charge on any atom is -0.489 e. The van der Waals surface area contributed by atoms with E-state index in [1.807, 2.05) is 12.1 Å². The molecule has 0 amide bonds. The third kappa shape index (κ3) is 3.86. The Morgan fingerprint density at radius 3 is 3.00 bits per heavy atom. The first-order chi connectivity index (χ1) is 8.75. The topological polar surface area (TPSA) is 81.3 Å². The van der Waals surface area contributed by atoms with Crippen LogP contribution in [0.15, 0.2) is 34.1 Å². The molecule has 0 aliphatic rings. The van der Waals surface area contributed by atoms with Crippen LogP contribution in [0.2, 0.25) is 0 Å². The molecule has 1 heterocycles. The highest BCUT2D eigenvalue weighted by atomic mass is 32.2. The molecule has 0 saturated heterocycles. The highest BCUT2D eigenvalue weighted by Crippen LogP contribution is 2.22. The molecule has 1 aromatic heterocycles. The minimum absolute atomic E-state index is 0.208. The number of aliphatic hydroxyl groups excluding tert-OH is 1. The summed E-state index contributed by atoms with van der Waals surface area (Å²) < 4.78 is 6.29. The summed E-state index contributed by atoms with van der Waals surface area (Å²) in [6.07, 6.45) is -0.571. The standard InChI is InChI=1S/C11H13N3O2S2/c12-9-3-1-2-4-10(9)16-5-8(15)6-17-11-14-13-7-18-11/h1-4,7-8,15H,5-6,12H2. The van der Waals surface area contributed by atoms with E-state index in [2.05, 4.69) is 10.2 Å². The molecule has 96 valence electrons. The Morgan fingerprint density at radius 1 is 1.44 bits per heavy atom. The molecule has 2 rings (SSSR count). The van der Waals surface area contributed by atoms with Gasteiger partial charge in [-0.1, -0.05) is 35.2 Å². The van der Waals surface area contributed by atoms with Gasteiger partial charge in [0.05, 0.1) is 11.8 Å². The van der Waals surface area contributed by atoms with Crippen molar-refractivity contribution >= 4 is 28.8 Å². The molecule has 0 bridgehead atoms. The van der Waals surface area contributed by atoms with Crippen LogP contribution >= 0.6 is 23.1 Å². The van der Waals surface area contributed by atoms with Gasteiger partial charge in [-0.15, -0.1) is 10.2 Å². The zero-order chi connectivity index (χ0) is 12.8. The van der Waals surface area contributed by atoms with Gasteiger partial charge in [0, 0.05) is 5.75 Å². The van der Waals surface area contributed by atoms with Gasteiger partial charge in [0.25, 0.3) is 0 Å². The van der Waals surface area contributed by atoms with Gasteiger partial charge in [-0.2, -0.15) is 0 Å². The number of para-hydroxylation sites is 2. The van der Waals surface area contributed by atoms with Crippen LogP contribution in [0, 0.1) is 0 Å². The van der Waals surface area contributed by atoms with Crippen molar-refractivity contribution in [2.45, 2.75) is 10.4 Å². The summed E-state index contributed by atoms with van der Waals surface area (Å²) in [7, 11) is 0. The van der Waals surface area contributed by atoms with E-state index in [-0.39, 0.29) is 6.61 Å². The lowest BCUT2D eigenvalue weighted by Crippen LogP contribution is -2.20. The number of anilines is 1. The van der Waals surface area contributed by atoms with Crippen molar-refractivity contribution in [2.24, 2.45) is 0 Å². The predicted molar refractivity (Wildman–Crippen MR) is 73.0 cm³/mol. The second-order valence-electron chi connectivity index (χ2n) is 3.52. The fourth-order valence-electron chi connectivity index (χ4n) is 1.24.